The van der Waals surface area contributed by atoms with Gasteiger partial charge in [0, 0.05) is 11.8 Å². The van der Waals surface area contributed by atoms with E-state index in [9.17, 15) is 4.79 Å². The predicted molar refractivity (Wildman–Crippen MR) is 105 cm³/mol. The summed E-state index contributed by atoms with van der Waals surface area (Å²) in [6.07, 6.45) is 3.22. The molecule has 0 fully saturated rings. The van der Waals surface area contributed by atoms with Crippen LogP contribution in [0.3, 0.4) is 0 Å². The average Bonchev–Trinajstić information content (AvgIpc) is 3.13. The van der Waals surface area contributed by atoms with Crippen molar-refractivity contribution in [1.82, 2.24) is 10.2 Å². The van der Waals surface area contributed by atoms with Crippen LogP contribution < -0.4 is 5.32 Å². The van der Waals surface area contributed by atoms with E-state index in [1.165, 1.54) is 29.2 Å². The molecule has 0 unspecified atom stereocenters. The van der Waals surface area contributed by atoms with E-state index in [-0.39, 0.29) is 5.91 Å². The molecule has 0 spiro atoms. The van der Waals surface area contributed by atoms with Crippen LogP contribution in [0.1, 0.15) is 16.7 Å². The zero-order chi connectivity index (χ0) is 18.2. The van der Waals surface area contributed by atoms with E-state index in [1.807, 2.05) is 42.5 Å². The summed E-state index contributed by atoms with van der Waals surface area (Å²) in [5.74, 6) is 0.482. The van der Waals surface area contributed by atoms with E-state index in [4.69, 9.17) is 5.26 Å². The average molecular weight is 378 g/mol. The Morgan fingerprint density at radius 2 is 1.92 bits per heavy atom. The van der Waals surface area contributed by atoms with Crippen LogP contribution in [0.25, 0.3) is 6.08 Å². The van der Waals surface area contributed by atoms with E-state index < -0.39 is 0 Å². The van der Waals surface area contributed by atoms with Crippen LogP contribution in [-0.4, -0.2) is 16.1 Å². The van der Waals surface area contributed by atoms with Crippen LogP contribution in [0.4, 0.5) is 5.13 Å². The molecule has 7 heteroatoms. The van der Waals surface area contributed by atoms with Gasteiger partial charge in [0.05, 0.1) is 11.6 Å². The van der Waals surface area contributed by atoms with Gasteiger partial charge in [0.1, 0.15) is 0 Å². The maximum Gasteiger partial charge on any atom is 0.250 e. The third kappa shape index (κ3) is 5.28. The number of hydrogen-bond donors (Lipinski definition) is 1. The van der Waals surface area contributed by atoms with Crippen molar-refractivity contribution in [1.29, 1.82) is 5.26 Å². The molecule has 0 aliphatic rings. The molecule has 1 N–H and O–H groups in total. The number of carbonyl (C=O) groups is 1. The molecule has 0 saturated carbocycles. The summed E-state index contributed by atoms with van der Waals surface area (Å²) < 4.78 is 0.775. The fraction of sp³-hybridized carbons (Fsp3) is 0.0526. The van der Waals surface area contributed by atoms with Gasteiger partial charge in [-0.25, -0.2) is 0 Å². The fourth-order valence-corrected chi connectivity index (χ4v) is 3.73. The normalized spacial score (nSPS) is 10.6. The first-order valence-corrected chi connectivity index (χ1v) is 9.52. The van der Waals surface area contributed by atoms with E-state index >= 15 is 0 Å². The molecule has 3 rings (SSSR count). The lowest BCUT2D eigenvalue weighted by atomic mass is 10.2. The van der Waals surface area contributed by atoms with Gasteiger partial charge in [-0.2, -0.15) is 5.26 Å². The second-order valence-corrected chi connectivity index (χ2v) is 7.40. The molecule has 0 aliphatic carbocycles. The number of nitrogens with one attached hydrogen (secondary N) is 1. The Bertz CT molecular complexity index is 944. The van der Waals surface area contributed by atoms with Gasteiger partial charge < -0.3 is 0 Å². The molecular weight excluding hydrogens is 364 g/mol. The topological polar surface area (TPSA) is 78.7 Å². The van der Waals surface area contributed by atoms with Crippen LogP contribution in [0.2, 0.25) is 0 Å². The minimum Gasteiger partial charge on any atom is -0.297 e. The highest BCUT2D eigenvalue weighted by Crippen LogP contribution is 2.28. The van der Waals surface area contributed by atoms with Crippen molar-refractivity contribution in [2.24, 2.45) is 0 Å². The predicted octanol–water partition coefficient (Wildman–Crippen LogP) is 4.35. The monoisotopic (exact) mass is 378 g/mol. The Hall–Kier alpha value is -2.95. The number of benzene rings is 2. The molecule has 0 aliphatic heterocycles. The summed E-state index contributed by atoms with van der Waals surface area (Å²) in [6.45, 7) is 0. The molecule has 26 heavy (non-hydrogen) atoms. The minimum absolute atomic E-state index is 0.242. The van der Waals surface area contributed by atoms with Crippen molar-refractivity contribution < 1.29 is 4.79 Å². The summed E-state index contributed by atoms with van der Waals surface area (Å²) in [5.41, 5.74) is 2.70. The molecule has 0 atom stereocenters. The van der Waals surface area contributed by atoms with E-state index in [0.29, 0.717) is 10.7 Å². The maximum absolute atomic E-state index is 11.9. The number of hydrogen-bond acceptors (Lipinski definition) is 6. The lowest BCUT2D eigenvalue weighted by Gasteiger charge is -1.98. The largest absolute Gasteiger partial charge is 0.297 e. The number of amides is 1. The molecule has 1 heterocycles. The molecule has 0 bridgehead atoms. The number of carbonyl (C=O) groups excluding carboxylic acids is 1. The number of thioether (sulfide) groups is 1. The first kappa shape index (κ1) is 17.9. The first-order chi connectivity index (χ1) is 12.7. The van der Waals surface area contributed by atoms with Gasteiger partial charge in [-0.3, -0.25) is 10.1 Å². The molecule has 128 valence electrons. The lowest BCUT2D eigenvalue weighted by molar-refractivity contribution is -0.111. The van der Waals surface area contributed by atoms with Crippen molar-refractivity contribution >= 4 is 40.2 Å². The summed E-state index contributed by atoms with van der Waals surface area (Å²) in [7, 11) is 0. The molecule has 1 amide bonds. The molecule has 3 aromatic rings. The third-order valence-electron chi connectivity index (χ3n) is 3.31. The Labute approximate surface area is 159 Å². The van der Waals surface area contributed by atoms with Gasteiger partial charge in [-0.05, 0) is 29.3 Å². The summed E-state index contributed by atoms with van der Waals surface area (Å²) in [4.78, 5) is 11.9. The van der Waals surface area contributed by atoms with Crippen molar-refractivity contribution in [2.75, 3.05) is 5.32 Å². The zero-order valence-electron chi connectivity index (χ0n) is 13.6. The lowest BCUT2D eigenvalue weighted by Crippen LogP contribution is -2.07. The first-order valence-electron chi connectivity index (χ1n) is 7.72. The summed E-state index contributed by atoms with van der Waals surface area (Å²) >= 11 is 2.87. The second kappa shape index (κ2) is 8.94. The summed E-state index contributed by atoms with van der Waals surface area (Å²) in [6, 6.07) is 19.1. The fourth-order valence-electron chi connectivity index (χ4n) is 2.02. The number of anilines is 1. The Kier molecular flexibility index (Phi) is 6.14. The quantitative estimate of drug-likeness (QED) is 0.392. The van der Waals surface area contributed by atoms with Crippen LogP contribution in [0.5, 0.6) is 0 Å². The Morgan fingerprint density at radius 3 is 2.65 bits per heavy atom. The number of nitrogens with zero attached hydrogens (tertiary/aromatic N) is 3. The van der Waals surface area contributed by atoms with Gasteiger partial charge in [0.2, 0.25) is 11.0 Å². The van der Waals surface area contributed by atoms with E-state index in [1.54, 1.807) is 18.2 Å². The van der Waals surface area contributed by atoms with Gasteiger partial charge in [-0.1, -0.05) is 65.6 Å². The maximum atomic E-state index is 11.9. The third-order valence-corrected chi connectivity index (χ3v) is 5.35. The van der Waals surface area contributed by atoms with Gasteiger partial charge >= 0.3 is 0 Å². The van der Waals surface area contributed by atoms with Gasteiger partial charge in [0.15, 0.2) is 4.34 Å². The van der Waals surface area contributed by atoms with Crippen molar-refractivity contribution in [3.63, 3.8) is 0 Å². The van der Waals surface area contributed by atoms with Crippen molar-refractivity contribution in [3.8, 4) is 6.07 Å². The Morgan fingerprint density at radius 1 is 1.15 bits per heavy atom. The van der Waals surface area contributed by atoms with E-state index in [0.717, 1.165) is 21.2 Å². The Balaban J connectivity index is 1.51. The van der Waals surface area contributed by atoms with Gasteiger partial charge in [-0.15, -0.1) is 10.2 Å². The number of aromatic nitrogens is 2. The number of rotatable bonds is 6. The van der Waals surface area contributed by atoms with E-state index in [2.05, 4.69) is 21.6 Å². The van der Waals surface area contributed by atoms with Gasteiger partial charge in [0.25, 0.3) is 0 Å². The molecule has 2 aromatic carbocycles. The molecule has 0 saturated heterocycles. The molecule has 1 aromatic heterocycles. The minimum atomic E-state index is -0.242. The second-order valence-electron chi connectivity index (χ2n) is 5.20. The molecule has 0 radical (unpaired) electrons. The highest BCUT2D eigenvalue weighted by Gasteiger charge is 2.07. The standard InChI is InChI=1S/C19H14N4OS2/c20-12-15-6-8-16(9-7-15)13-25-19-23-22-18(26-19)21-17(24)11-10-14-4-2-1-3-5-14/h1-11H,13H2,(H,21,22,24)/b11-10+. The van der Waals surface area contributed by atoms with Crippen molar-refractivity contribution in [3.05, 3.63) is 77.4 Å². The smallest absolute Gasteiger partial charge is 0.250 e. The van der Waals surface area contributed by atoms with Crippen LogP contribution in [-0.2, 0) is 10.5 Å². The SMILES string of the molecule is N#Cc1ccc(CSc2nnc(NC(=O)/C=C/c3ccccc3)s2)cc1. The van der Waals surface area contributed by atoms with Crippen LogP contribution in [0, 0.1) is 11.3 Å². The number of nitriles is 1. The van der Waals surface area contributed by atoms with Crippen molar-refractivity contribution in [2.45, 2.75) is 10.1 Å². The highest BCUT2D eigenvalue weighted by molar-refractivity contribution is 8.00. The highest BCUT2D eigenvalue weighted by atomic mass is 32.2. The zero-order valence-corrected chi connectivity index (χ0v) is 15.3. The van der Waals surface area contributed by atoms with Crippen LogP contribution >= 0.6 is 23.1 Å². The molecular formula is C19H14N4OS2. The molecule has 5 nitrogen and oxygen atoms in total. The summed E-state index contributed by atoms with van der Waals surface area (Å²) in [5, 5.41) is 20.1. The van der Waals surface area contributed by atoms with Crippen LogP contribution in [0.15, 0.2) is 65.0 Å².